The second-order valence-corrected chi connectivity index (χ2v) is 6.40. The van der Waals surface area contributed by atoms with Crippen LogP contribution in [0.4, 0.5) is 0 Å². The van der Waals surface area contributed by atoms with Crippen molar-refractivity contribution in [3.8, 4) is 11.5 Å². The Morgan fingerprint density at radius 1 is 0.923 bits per heavy atom. The predicted octanol–water partition coefficient (Wildman–Crippen LogP) is 3.67. The van der Waals surface area contributed by atoms with Crippen LogP contribution in [0.2, 0.25) is 0 Å². The van der Waals surface area contributed by atoms with Crippen LogP contribution in [0.3, 0.4) is 0 Å². The first kappa shape index (κ1) is 20.5. The molecule has 0 bridgehead atoms. The lowest BCUT2D eigenvalue weighted by Gasteiger charge is -2.30. The average Bonchev–Trinajstić information content (AvgIpc) is 2.69. The molecule has 0 fully saturated rings. The fraction of sp³-hybridized carbons (Fsp3) is 0.571. The normalized spacial score (nSPS) is 11.7. The zero-order valence-corrected chi connectivity index (χ0v) is 16.9. The van der Waals surface area contributed by atoms with E-state index in [9.17, 15) is 0 Å². The van der Waals surface area contributed by atoms with Crippen molar-refractivity contribution in [2.75, 3.05) is 46.4 Å². The van der Waals surface area contributed by atoms with Crippen molar-refractivity contribution >= 4 is 10.9 Å². The van der Waals surface area contributed by atoms with Crippen molar-refractivity contribution in [1.82, 2.24) is 14.8 Å². The Balaban J connectivity index is 2.29. The minimum Gasteiger partial charge on any atom is -0.497 e. The zero-order valence-electron chi connectivity index (χ0n) is 16.9. The highest BCUT2D eigenvalue weighted by molar-refractivity contribution is 5.86. The summed E-state index contributed by atoms with van der Waals surface area (Å²) in [6.45, 7) is 14.7. The van der Waals surface area contributed by atoms with Gasteiger partial charge < -0.3 is 19.3 Å². The van der Waals surface area contributed by atoms with Gasteiger partial charge in [0.05, 0.1) is 12.6 Å². The van der Waals surface area contributed by atoms with Crippen LogP contribution in [0, 0.1) is 0 Å². The number of ether oxygens (including phenoxy) is 2. The smallest absolute Gasteiger partial charge is 0.130 e. The Kier molecular flexibility index (Phi) is 8.13. The lowest BCUT2D eigenvalue weighted by molar-refractivity contribution is 0.100. The van der Waals surface area contributed by atoms with E-state index < -0.39 is 0 Å². The maximum atomic E-state index is 6.52. The Labute approximate surface area is 157 Å². The number of hydrogen-bond acceptors (Lipinski definition) is 5. The van der Waals surface area contributed by atoms with Crippen molar-refractivity contribution in [1.29, 1.82) is 0 Å². The van der Waals surface area contributed by atoms with Crippen LogP contribution in [-0.2, 0) is 0 Å². The summed E-state index contributed by atoms with van der Waals surface area (Å²) in [4.78, 5) is 9.28. The summed E-state index contributed by atoms with van der Waals surface area (Å²) >= 11 is 0. The maximum absolute atomic E-state index is 6.52. The Bertz CT molecular complexity index is 655. The summed E-state index contributed by atoms with van der Waals surface area (Å²) in [5.74, 6) is 1.69. The minimum atomic E-state index is 0.103. The third-order valence-electron chi connectivity index (χ3n) is 4.91. The van der Waals surface area contributed by atoms with E-state index in [2.05, 4.69) is 42.5 Å². The largest absolute Gasteiger partial charge is 0.497 e. The molecule has 5 heteroatoms. The molecule has 0 saturated heterocycles. The number of methoxy groups -OCH3 is 1. The lowest BCUT2D eigenvalue weighted by Crippen LogP contribution is -2.43. The summed E-state index contributed by atoms with van der Waals surface area (Å²) in [5, 5.41) is 0.996. The van der Waals surface area contributed by atoms with E-state index in [1.54, 1.807) is 7.11 Å². The topological polar surface area (TPSA) is 37.8 Å². The molecule has 1 heterocycles. The molecule has 0 N–H and O–H groups in total. The van der Waals surface area contributed by atoms with Gasteiger partial charge in [0.25, 0.3) is 0 Å². The summed E-state index contributed by atoms with van der Waals surface area (Å²) < 4.78 is 11.9. The number of hydrogen-bond donors (Lipinski definition) is 0. The van der Waals surface area contributed by atoms with E-state index >= 15 is 0 Å². The molecule has 0 amide bonds. The van der Waals surface area contributed by atoms with Gasteiger partial charge in [0.2, 0.25) is 0 Å². The molecule has 2 aromatic rings. The van der Waals surface area contributed by atoms with Gasteiger partial charge in [-0.15, -0.1) is 0 Å². The molecule has 0 saturated carbocycles. The summed E-state index contributed by atoms with van der Waals surface area (Å²) in [6.07, 6.45) is 1.92. The van der Waals surface area contributed by atoms with Gasteiger partial charge >= 0.3 is 0 Å². The zero-order chi connectivity index (χ0) is 18.9. The minimum absolute atomic E-state index is 0.103. The summed E-state index contributed by atoms with van der Waals surface area (Å²) in [5.41, 5.74) is 0.924. The molecule has 2 rings (SSSR count). The first-order valence-electron chi connectivity index (χ1n) is 9.69. The van der Waals surface area contributed by atoms with Crippen molar-refractivity contribution < 1.29 is 9.47 Å². The number of nitrogens with zero attached hydrogens (tertiary/aromatic N) is 3. The molecule has 0 unspecified atom stereocenters. The van der Waals surface area contributed by atoms with E-state index in [1.165, 1.54) is 0 Å². The molecule has 0 aliphatic carbocycles. The van der Waals surface area contributed by atoms with Gasteiger partial charge in [-0.1, -0.05) is 27.7 Å². The highest BCUT2D eigenvalue weighted by Gasteiger charge is 2.18. The monoisotopic (exact) mass is 359 g/mol. The molecule has 0 aliphatic heterocycles. The van der Waals surface area contributed by atoms with E-state index in [0.29, 0.717) is 0 Å². The molecule has 0 aliphatic rings. The number of fused-ring (bicyclic) bond motifs is 1. The third-order valence-corrected chi connectivity index (χ3v) is 4.91. The van der Waals surface area contributed by atoms with E-state index in [0.717, 1.165) is 61.7 Å². The lowest BCUT2D eigenvalue weighted by atomic mass is 10.2. The van der Waals surface area contributed by atoms with Crippen LogP contribution < -0.4 is 9.47 Å². The van der Waals surface area contributed by atoms with Crippen molar-refractivity contribution in [2.24, 2.45) is 0 Å². The van der Waals surface area contributed by atoms with E-state index in [-0.39, 0.29) is 6.10 Å². The Morgan fingerprint density at radius 2 is 1.54 bits per heavy atom. The standard InChI is InChI=1S/C21H33N3O2/c1-6-23(7-2)15-18(16-24(8-3)9-4)26-21-12-13-22-20-11-10-17(25-5)14-19(20)21/h10-14,18H,6-9,15-16H2,1-5H3. The number of likely N-dealkylation sites (N-methyl/N-ethyl adjacent to an activating group) is 2. The fourth-order valence-electron chi connectivity index (χ4n) is 3.18. The number of aromatic nitrogens is 1. The second kappa shape index (κ2) is 10.3. The van der Waals surface area contributed by atoms with E-state index in [4.69, 9.17) is 9.47 Å². The molecule has 26 heavy (non-hydrogen) atoms. The molecular formula is C21H33N3O2. The van der Waals surface area contributed by atoms with Crippen molar-refractivity contribution in [3.63, 3.8) is 0 Å². The highest BCUT2D eigenvalue weighted by Crippen LogP contribution is 2.28. The van der Waals surface area contributed by atoms with Gasteiger partial charge in [0.15, 0.2) is 0 Å². The van der Waals surface area contributed by atoms with Gasteiger partial charge in [-0.2, -0.15) is 0 Å². The van der Waals surface area contributed by atoms with Crippen LogP contribution in [0.25, 0.3) is 10.9 Å². The first-order chi connectivity index (χ1) is 12.6. The maximum Gasteiger partial charge on any atom is 0.130 e. The Hall–Kier alpha value is -1.85. The SMILES string of the molecule is CCN(CC)CC(CN(CC)CC)Oc1ccnc2ccc(OC)cc12. The van der Waals surface area contributed by atoms with Crippen LogP contribution in [0.5, 0.6) is 11.5 Å². The molecule has 5 nitrogen and oxygen atoms in total. The molecular weight excluding hydrogens is 326 g/mol. The molecule has 0 spiro atoms. The van der Waals surface area contributed by atoms with Gasteiger partial charge in [-0.05, 0) is 50.4 Å². The Morgan fingerprint density at radius 3 is 2.08 bits per heavy atom. The van der Waals surface area contributed by atoms with Gasteiger partial charge in [-0.3, -0.25) is 4.98 Å². The molecule has 1 aromatic carbocycles. The van der Waals surface area contributed by atoms with Gasteiger partial charge in [-0.25, -0.2) is 0 Å². The van der Waals surface area contributed by atoms with Crippen LogP contribution in [-0.4, -0.2) is 67.3 Å². The average molecular weight is 360 g/mol. The van der Waals surface area contributed by atoms with Crippen molar-refractivity contribution in [3.05, 3.63) is 30.5 Å². The van der Waals surface area contributed by atoms with Gasteiger partial charge in [0, 0.05) is 24.7 Å². The molecule has 1 aromatic heterocycles. The van der Waals surface area contributed by atoms with E-state index in [1.807, 2.05) is 30.5 Å². The van der Waals surface area contributed by atoms with Crippen LogP contribution >= 0.6 is 0 Å². The first-order valence-corrected chi connectivity index (χ1v) is 9.69. The van der Waals surface area contributed by atoms with Gasteiger partial charge in [0.1, 0.15) is 17.6 Å². The molecule has 0 radical (unpaired) electrons. The quantitative estimate of drug-likeness (QED) is 0.612. The summed E-state index contributed by atoms with van der Waals surface area (Å²) in [6, 6.07) is 7.87. The van der Waals surface area contributed by atoms with Crippen LogP contribution in [0.1, 0.15) is 27.7 Å². The highest BCUT2D eigenvalue weighted by atomic mass is 16.5. The second-order valence-electron chi connectivity index (χ2n) is 6.40. The fourth-order valence-corrected chi connectivity index (χ4v) is 3.18. The third kappa shape index (κ3) is 5.32. The number of rotatable bonds is 11. The predicted molar refractivity (Wildman–Crippen MR) is 108 cm³/mol. The number of benzene rings is 1. The molecule has 0 atom stereocenters. The molecule has 144 valence electrons. The number of pyridine rings is 1. The summed E-state index contributed by atoms with van der Waals surface area (Å²) in [7, 11) is 1.68. The van der Waals surface area contributed by atoms with Crippen molar-refractivity contribution in [2.45, 2.75) is 33.8 Å². The van der Waals surface area contributed by atoms with Crippen LogP contribution in [0.15, 0.2) is 30.5 Å².